The van der Waals surface area contributed by atoms with Gasteiger partial charge in [-0.25, -0.2) is 4.98 Å². The molecule has 2 aromatic rings. The number of oxazole rings is 1. The molecule has 1 aromatic heterocycles. The van der Waals surface area contributed by atoms with Crippen LogP contribution in [0.3, 0.4) is 0 Å². The highest BCUT2D eigenvalue weighted by atomic mass is 16.5. The SMILES string of the molecule is Cc1ncoc1C(=O)N1CC[C@H]2O[C@H]3c4ccccc4OC(C)(C)[C@@H]3C[C@H]21. The number of aromatic nitrogens is 1. The van der Waals surface area contributed by atoms with Gasteiger partial charge in [-0.05, 0) is 39.7 Å². The second-order valence-electron chi connectivity index (χ2n) is 8.30. The molecule has 2 saturated heterocycles. The Balaban J connectivity index is 1.46. The summed E-state index contributed by atoms with van der Waals surface area (Å²) in [4.78, 5) is 19.0. The molecule has 0 unspecified atom stereocenters. The van der Waals surface area contributed by atoms with Crippen molar-refractivity contribution in [3.8, 4) is 5.75 Å². The number of hydrogen-bond acceptors (Lipinski definition) is 5. The zero-order valence-corrected chi connectivity index (χ0v) is 15.8. The summed E-state index contributed by atoms with van der Waals surface area (Å²) in [6.45, 7) is 6.71. The first-order valence-corrected chi connectivity index (χ1v) is 9.60. The van der Waals surface area contributed by atoms with Crippen LogP contribution in [0, 0.1) is 12.8 Å². The van der Waals surface area contributed by atoms with Crippen LogP contribution < -0.4 is 4.74 Å². The summed E-state index contributed by atoms with van der Waals surface area (Å²) < 4.78 is 18.2. The maximum absolute atomic E-state index is 13.0. The minimum Gasteiger partial charge on any atom is -0.487 e. The Morgan fingerprint density at radius 2 is 2.11 bits per heavy atom. The highest BCUT2D eigenvalue weighted by Crippen LogP contribution is 2.52. The number of carbonyl (C=O) groups is 1. The van der Waals surface area contributed by atoms with Gasteiger partial charge in [-0.2, -0.15) is 0 Å². The number of amides is 1. The van der Waals surface area contributed by atoms with Gasteiger partial charge in [0.15, 0.2) is 6.39 Å². The fraction of sp³-hybridized carbons (Fsp3) is 0.524. The molecule has 1 amide bonds. The molecule has 6 nitrogen and oxygen atoms in total. The van der Waals surface area contributed by atoms with Crippen LogP contribution in [0.2, 0.25) is 0 Å². The number of para-hydroxylation sites is 1. The maximum Gasteiger partial charge on any atom is 0.291 e. The lowest BCUT2D eigenvalue weighted by molar-refractivity contribution is -0.159. The number of rotatable bonds is 1. The molecule has 0 N–H and O–H groups in total. The van der Waals surface area contributed by atoms with Crippen molar-refractivity contribution in [3.63, 3.8) is 0 Å². The van der Waals surface area contributed by atoms with Crippen molar-refractivity contribution in [2.24, 2.45) is 5.92 Å². The van der Waals surface area contributed by atoms with E-state index in [4.69, 9.17) is 13.9 Å². The van der Waals surface area contributed by atoms with E-state index in [0.29, 0.717) is 18.0 Å². The molecule has 0 bridgehead atoms. The van der Waals surface area contributed by atoms with Crippen molar-refractivity contribution in [2.75, 3.05) is 6.54 Å². The third-order valence-corrected chi connectivity index (χ3v) is 6.36. The molecular formula is C21H24N2O4. The first-order valence-electron chi connectivity index (χ1n) is 9.60. The summed E-state index contributed by atoms with van der Waals surface area (Å²) in [6.07, 6.45) is 3.08. The second kappa shape index (κ2) is 5.83. The molecule has 0 aliphatic carbocycles. The number of fused-ring (bicyclic) bond motifs is 4. The maximum atomic E-state index is 13.0. The Hall–Kier alpha value is -2.34. The monoisotopic (exact) mass is 368 g/mol. The second-order valence-corrected chi connectivity index (χ2v) is 8.30. The van der Waals surface area contributed by atoms with E-state index < -0.39 is 0 Å². The third kappa shape index (κ3) is 2.50. The lowest BCUT2D eigenvalue weighted by atomic mass is 9.74. The van der Waals surface area contributed by atoms with E-state index in [1.807, 2.05) is 23.1 Å². The van der Waals surface area contributed by atoms with Crippen LogP contribution in [0.5, 0.6) is 5.75 Å². The van der Waals surface area contributed by atoms with Crippen molar-refractivity contribution in [1.82, 2.24) is 9.88 Å². The number of hydrogen-bond donors (Lipinski definition) is 0. The molecule has 4 atom stereocenters. The number of carbonyl (C=O) groups excluding carboxylic acids is 1. The largest absolute Gasteiger partial charge is 0.487 e. The lowest BCUT2D eigenvalue weighted by Gasteiger charge is -2.50. The summed E-state index contributed by atoms with van der Waals surface area (Å²) in [7, 11) is 0. The van der Waals surface area contributed by atoms with Crippen LogP contribution in [0.4, 0.5) is 0 Å². The Morgan fingerprint density at radius 1 is 1.30 bits per heavy atom. The molecule has 5 rings (SSSR count). The van der Waals surface area contributed by atoms with Crippen molar-refractivity contribution in [2.45, 2.75) is 57.5 Å². The topological polar surface area (TPSA) is 64.8 Å². The minimum absolute atomic E-state index is 0.00766. The number of benzene rings is 1. The molecule has 4 heterocycles. The van der Waals surface area contributed by atoms with E-state index in [0.717, 1.165) is 24.2 Å². The molecule has 3 aliphatic heterocycles. The van der Waals surface area contributed by atoms with E-state index >= 15 is 0 Å². The highest BCUT2D eigenvalue weighted by molar-refractivity contribution is 5.92. The average Bonchev–Trinajstić information content (AvgIpc) is 3.25. The predicted octanol–water partition coefficient (Wildman–Crippen LogP) is 3.51. The van der Waals surface area contributed by atoms with Crippen LogP contribution >= 0.6 is 0 Å². The summed E-state index contributed by atoms with van der Waals surface area (Å²) in [5, 5.41) is 0. The molecular weight excluding hydrogens is 344 g/mol. The fourth-order valence-corrected chi connectivity index (χ4v) is 4.93. The van der Waals surface area contributed by atoms with E-state index in [9.17, 15) is 4.79 Å². The number of nitrogens with zero attached hydrogens (tertiary/aromatic N) is 2. The molecule has 142 valence electrons. The Labute approximate surface area is 158 Å². The number of aryl methyl sites for hydroxylation is 1. The van der Waals surface area contributed by atoms with Gasteiger partial charge < -0.3 is 18.8 Å². The lowest BCUT2D eigenvalue weighted by Crippen LogP contribution is -2.54. The van der Waals surface area contributed by atoms with E-state index in [-0.39, 0.29) is 35.7 Å². The molecule has 0 saturated carbocycles. The van der Waals surface area contributed by atoms with Crippen LogP contribution in [0.15, 0.2) is 35.1 Å². The van der Waals surface area contributed by atoms with Crippen molar-refractivity contribution < 1.29 is 18.7 Å². The zero-order chi connectivity index (χ0) is 18.8. The van der Waals surface area contributed by atoms with Crippen LogP contribution in [-0.2, 0) is 4.74 Å². The van der Waals surface area contributed by atoms with Gasteiger partial charge in [0.1, 0.15) is 11.4 Å². The summed E-state index contributed by atoms with van der Waals surface area (Å²) in [5.74, 6) is 1.33. The smallest absolute Gasteiger partial charge is 0.291 e. The Bertz CT molecular complexity index is 890. The summed E-state index contributed by atoms with van der Waals surface area (Å²) >= 11 is 0. The first-order chi connectivity index (χ1) is 13.0. The van der Waals surface area contributed by atoms with E-state index in [1.54, 1.807) is 6.92 Å². The van der Waals surface area contributed by atoms with E-state index in [1.165, 1.54) is 6.39 Å². The van der Waals surface area contributed by atoms with Crippen LogP contribution in [0.1, 0.15) is 54.6 Å². The number of likely N-dealkylation sites (tertiary alicyclic amines) is 1. The fourth-order valence-electron chi connectivity index (χ4n) is 4.93. The highest BCUT2D eigenvalue weighted by Gasteiger charge is 2.54. The van der Waals surface area contributed by atoms with Gasteiger partial charge in [-0.3, -0.25) is 4.79 Å². The predicted molar refractivity (Wildman–Crippen MR) is 97.6 cm³/mol. The van der Waals surface area contributed by atoms with Crippen LogP contribution in [0.25, 0.3) is 0 Å². The van der Waals surface area contributed by atoms with Gasteiger partial charge in [0.05, 0.1) is 23.9 Å². The molecule has 27 heavy (non-hydrogen) atoms. The molecule has 0 spiro atoms. The molecule has 3 aliphatic rings. The van der Waals surface area contributed by atoms with Gasteiger partial charge in [0.25, 0.3) is 5.91 Å². The quantitative estimate of drug-likeness (QED) is 0.771. The van der Waals surface area contributed by atoms with Gasteiger partial charge in [-0.15, -0.1) is 0 Å². The van der Waals surface area contributed by atoms with Crippen molar-refractivity contribution in [1.29, 1.82) is 0 Å². The van der Waals surface area contributed by atoms with Gasteiger partial charge in [-0.1, -0.05) is 18.2 Å². The van der Waals surface area contributed by atoms with Gasteiger partial charge in [0, 0.05) is 18.0 Å². The van der Waals surface area contributed by atoms with Crippen molar-refractivity contribution >= 4 is 5.91 Å². The Kier molecular flexibility index (Phi) is 3.63. The van der Waals surface area contributed by atoms with E-state index in [2.05, 4.69) is 24.9 Å². The van der Waals surface area contributed by atoms with Gasteiger partial charge >= 0.3 is 0 Å². The first kappa shape index (κ1) is 16.8. The third-order valence-electron chi connectivity index (χ3n) is 6.36. The average molecular weight is 368 g/mol. The molecule has 2 fully saturated rings. The standard InChI is InChI=1S/C21H24N2O4/c1-12-18(25-11-22-12)20(24)23-9-8-17-15(23)10-14-19(26-17)13-6-4-5-7-16(13)27-21(14,2)3/h4-7,11,14-15,17,19H,8-10H2,1-3H3/t14-,15-,17-,19+/m1/s1. The summed E-state index contributed by atoms with van der Waals surface area (Å²) in [5.41, 5.74) is 1.40. The van der Waals surface area contributed by atoms with Crippen LogP contribution in [-0.4, -0.2) is 40.1 Å². The molecule has 0 radical (unpaired) electrons. The zero-order valence-electron chi connectivity index (χ0n) is 15.8. The number of ether oxygens (including phenoxy) is 2. The minimum atomic E-state index is -0.358. The normalized spacial score (nSPS) is 30.9. The van der Waals surface area contributed by atoms with Gasteiger partial charge in [0.2, 0.25) is 5.76 Å². The van der Waals surface area contributed by atoms with Crippen molar-refractivity contribution in [3.05, 3.63) is 47.7 Å². The Morgan fingerprint density at radius 3 is 2.89 bits per heavy atom. The summed E-state index contributed by atoms with van der Waals surface area (Å²) in [6, 6.07) is 8.18. The molecule has 1 aromatic carbocycles. The molecule has 6 heteroatoms.